The van der Waals surface area contributed by atoms with Crippen molar-refractivity contribution in [2.45, 2.75) is 12.5 Å². The Balaban J connectivity index is 2.00. The smallest absolute Gasteiger partial charge is 0.329 e. The average molecular weight is 401 g/mol. The lowest BCUT2D eigenvalue weighted by atomic mass is 10.1. The van der Waals surface area contributed by atoms with Crippen LogP contribution in [0.5, 0.6) is 0 Å². The van der Waals surface area contributed by atoms with Crippen LogP contribution >= 0.6 is 0 Å². The molecule has 2 rings (SSSR count). The van der Waals surface area contributed by atoms with Crippen molar-refractivity contribution in [2.24, 2.45) is 0 Å². The third-order valence-electron chi connectivity index (χ3n) is 4.04. The Labute approximate surface area is 168 Å². The lowest BCUT2D eigenvalue weighted by Gasteiger charge is -2.19. The summed E-state index contributed by atoms with van der Waals surface area (Å²) >= 11 is 0. The number of hydrogen-bond donors (Lipinski definition) is 2. The van der Waals surface area contributed by atoms with Crippen LogP contribution < -0.4 is 10.6 Å². The summed E-state index contributed by atoms with van der Waals surface area (Å²) in [4.78, 5) is 49.4. The molecule has 0 aliphatic carbocycles. The van der Waals surface area contributed by atoms with Crippen molar-refractivity contribution in [2.75, 3.05) is 27.2 Å². The van der Waals surface area contributed by atoms with Crippen LogP contribution in [-0.4, -0.2) is 61.9 Å². The van der Waals surface area contributed by atoms with E-state index < -0.39 is 30.4 Å². The minimum atomic E-state index is -1.02. The normalized spacial score (nSPS) is 11.2. The van der Waals surface area contributed by atoms with Crippen LogP contribution in [0.3, 0.4) is 0 Å². The molecule has 0 unspecified atom stereocenters. The van der Waals surface area contributed by atoms with Crippen LogP contribution in [0.2, 0.25) is 0 Å². The number of likely N-dealkylation sites (N-methyl/N-ethyl adjacent to an activating group) is 2. The van der Waals surface area contributed by atoms with Crippen molar-refractivity contribution in [1.82, 2.24) is 15.5 Å². The Kier molecular flexibility index (Phi) is 7.96. The topological polar surface area (TPSA) is 118 Å². The van der Waals surface area contributed by atoms with Gasteiger partial charge < -0.3 is 24.7 Å². The van der Waals surface area contributed by atoms with E-state index >= 15 is 0 Å². The highest BCUT2D eigenvalue weighted by Gasteiger charge is 2.25. The van der Waals surface area contributed by atoms with Gasteiger partial charge in [0, 0.05) is 20.5 Å². The molecular weight excluding hydrogens is 378 g/mol. The van der Waals surface area contributed by atoms with Crippen LogP contribution in [0.15, 0.2) is 53.1 Å². The predicted octanol–water partition coefficient (Wildman–Crippen LogP) is 0.368. The van der Waals surface area contributed by atoms with Crippen molar-refractivity contribution in [1.29, 1.82) is 0 Å². The molecule has 3 amide bonds. The molecule has 1 aromatic carbocycles. The molecule has 0 aliphatic heterocycles. The van der Waals surface area contributed by atoms with Crippen molar-refractivity contribution >= 4 is 23.7 Å². The van der Waals surface area contributed by atoms with E-state index in [1.165, 1.54) is 26.4 Å². The Morgan fingerprint density at radius 1 is 1.10 bits per heavy atom. The second kappa shape index (κ2) is 10.6. The number of carbonyl (C=O) groups excluding carboxylic acids is 4. The number of nitrogens with zero attached hydrogens (tertiary/aromatic N) is 1. The maximum atomic E-state index is 12.5. The Morgan fingerprint density at radius 2 is 1.83 bits per heavy atom. The number of hydrogen-bond acceptors (Lipinski definition) is 6. The van der Waals surface area contributed by atoms with Crippen LogP contribution in [0.25, 0.3) is 0 Å². The summed E-state index contributed by atoms with van der Waals surface area (Å²) in [5, 5.41) is 4.96. The summed E-state index contributed by atoms with van der Waals surface area (Å²) in [5.41, 5.74) is 0.803. The van der Waals surface area contributed by atoms with Gasteiger partial charge in [-0.1, -0.05) is 30.3 Å². The van der Waals surface area contributed by atoms with Crippen molar-refractivity contribution in [3.8, 4) is 0 Å². The highest BCUT2D eigenvalue weighted by atomic mass is 16.5. The van der Waals surface area contributed by atoms with E-state index in [1.54, 1.807) is 6.07 Å². The minimum Gasteiger partial charge on any atom is -0.459 e. The maximum absolute atomic E-state index is 12.5. The quantitative estimate of drug-likeness (QED) is 0.586. The molecule has 154 valence electrons. The van der Waals surface area contributed by atoms with E-state index in [4.69, 9.17) is 9.15 Å². The van der Waals surface area contributed by atoms with Crippen LogP contribution in [0, 0.1) is 0 Å². The van der Waals surface area contributed by atoms with Crippen LogP contribution in [0.1, 0.15) is 16.1 Å². The molecule has 0 saturated heterocycles. The van der Waals surface area contributed by atoms with Gasteiger partial charge in [-0.25, -0.2) is 4.79 Å². The molecule has 0 bridgehead atoms. The molecule has 0 aliphatic rings. The van der Waals surface area contributed by atoms with Gasteiger partial charge in [-0.05, 0) is 17.7 Å². The molecule has 0 fully saturated rings. The molecule has 1 heterocycles. The van der Waals surface area contributed by atoms with Gasteiger partial charge in [0.2, 0.25) is 5.91 Å². The molecule has 1 aromatic heterocycles. The van der Waals surface area contributed by atoms with Gasteiger partial charge in [0.1, 0.15) is 6.04 Å². The zero-order chi connectivity index (χ0) is 21.2. The van der Waals surface area contributed by atoms with Gasteiger partial charge in [-0.2, -0.15) is 0 Å². The molecule has 9 heteroatoms. The molecule has 2 aromatic rings. The Hall–Kier alpha value is -3.62. The molecule has 2 N–H and O–H groups in total. The second-order valence-corrected chi connectivity index (χ2v) is 6.22. The van der Waals surface area contributed by atoms with Crippen LogP contribution in [0.4, 0.5) is 0 Å². The summed E-state index contributed by atoms with van der Waals surface area (Å²) in [5.74, 6) is -2.18. The monoisotopic (exact) mass is 401 g/mol. The maximum Gasteiger partial charge on any atom is 0.329 e. The fourth-order valence-corrected chi connectivity index (χ4v) is 2.41. The number of esters is 1. The SMILES string of the molecule is CNC(=O)CN(C)C(=O)COC(=O)[C@H](Cc1ccccc1)NC(=O)c1ccco1. The first kappa shape index (κ1) is 21.7. The van der Waals surface area contributed by atoms with E-state index in [1.807, 2.05) is 30.3 Å². The van der Waals surface area contributed by atoms with Gasteiger partial charge in [0.15, 0.2) is 12.4 Å². The highest BCUT2D eigenvalue weighted by Crippen LogP contribution is 2.07. The molecule has 0 radical (unpaired) electrons. The van der Waals surface area contributed by atoms with Gasteiger partial charge in [-0.3, -0.25) is 14.4 Å². The van der Waals surface area contributed by atoms with Crippen LogP contribution in [-0.2, 0) is 25.5 Å². The number of nitrogens with one attached hydrogen (secondary N) is 2. The first-order chi connectivity index (χ1) is 13.9. The lowest BCUT2D eigenvalue weighted by molar-refractivity contribution is -0.153. The van der Waals surface area contributed by atoms with Gasteiger partial charge in [0.05, 0.1) is 12.8 Å². The average Bonchev–Trinajstić information content (AvgIpc) is 3.26. The first-order valence-corrected chi connectivity index (χ1v) is 8.90. The zero-order valence-corrected chi connectivity index (χ0v) is 16.2. The number of furan rings is 1. The third-order valence-corrected chi connectivity index (χ3v) is 4.04. The van der Waals surface area contributed by atoms with E-state index in [0.717, 1.165) is 10.5 Å². The van der Waals surface area contributed by atoms with Crippen molar-refractivity contribution in [3.05, 3.63) is 60.1 Å². The summed E-state index contributed by atoms with van der Waals surface area (Å²) in [7, 11) is 2.88. The predicted molar refractivity (Wildman–Crippen MR) is 103 cm³/mol. The van der Waals surface area contributed by atoms with E-state index in [-0.39, 0.29) is 24.6 Å². The van der Waals surface area contributed by atoms with Crippen molar-refractivity contribution < 1.29 is 28.3 Å². The molecular formula is C20H23N3O6. The number of ether oxygens (including phenoxy) is 1. The molecule has 9 nitrogen and oxygen atoms in total. The van der Waals surface area contributed by atoms with Gasteiger partial charge in [0.25, 0.3) is 11.8 Å². The Morgan fingerprint density at radius 3 is 2.45 bits per heavy atom. The molecule has 0 spiro atoms. The number of carbonyl (C=O) groups is 4. The molecule has 1 atom stereocenters. The Bertz CT molecular complexity index is 835. The third kappa shape index (κ3) is 6.80. The molecule has 0 saturated carbocycles. The van der Waals surface area contributed by atoms with Gasteiger partial charge >= 0.3 is 5.97 Å². The van der Waals surface area contributed by atoms with Gasteiger partial charge in [-0.15, -0.1) is 0 Å². The number of amides is 3. The van der Waals surface area contributed by atoms with E-state index in [0.29, 0.717) is 0 Å². The zero-order valence-electron chi connectivity index (χ0n) is 16.2. The molecule has 29 heavy (non-hydrogen) atoms. The number of rotatable bonds is 9. The summed E-state index contributed by atoms with van der Waals surface area (Å²) in [6, 6.07) is 11.1. The van der Waals surface area contributed by atoms with E-state index in [2.05, 4.69) is 10.6 Å². The minimum absolute atomic E-state index is 0.0530. The summed E-state index contributed by atoms with van der Waals surface area (Å²) in [6.45, 7) is -0.705. The summed E-state index contributed by atoms with van der Waals surface area (Å²) < 4.78 is 10.1. The second-order valence-electron chi connectivity index (χ2n) is 6.22. The van der Waals surface area contributed by atoms with Crippen molar-refractivity contribution in [3.63, 3.8) is 0 Å². The standard InChI is InChI=1S/C20H23N3O6/c1-21-17(24)12-23(2)18(25)13-29-20(27)15(11-14-7-4-3-5-8-14)22-19(26)16-9-6-10-28-16/h3-10,15H,11-13H2,1-2H3,(H,21,24)(H,22,26)/t15-/m0/s1. The summed E-state index contributed by atoms with van der Waals surface area (Å²) in [6.07, 6.45) is 1.52. The highest BCUT2D eigenvalue weighted by molar-refractivity contribution is 5.95. The fourth-order valence-electron chi connectivity index (χ4n) is 2.41. The lowest BCUT2D eigenvalue weighted by Crippen LogP contribution is -2.45. The fraction of sp³-hybridized carbons (Fsp3) is 0.300. The number of benzene rings is 1. The van der Waals surface area contributed by atoms with E-state index in [9.17, 15) is 19.2 Å². The first-order valence-electron chi connectivity index (χ1n) is 8.90. The largest absolute Gasteiger partial charge is 0.459 e.